The van der Waals surface area contributed by atoms with Gasteiger partial charge in [-0.15, -0.1) is 0 Å². The Labute approximate surface area is 149 Å². The zero-order valence-electron chi connectivity index (χ0n) is 12.9. The molecule has 1 heterocycles. The minimum Gasteiger partial charge on any atom is -0.267 e. The Morgan fingerprint density at radius 3 is 2.50 bits per heavy atom. The first kappa shape index (κ1) is 16.4. The van der Waals surface area contributed by atoms with Crippen molar-refractivity contribution in [3.05, 3.63) is 76.2 Å². The molecule has 6 heteroatoms. The van der Waals surface area contributed by atoms with Gasteiger partial charge in [0.05, 0.1) is 4.91 Å². The van der Waals surface area contributed by atoms with Crippen LogP contribution in [0.15, 0.2) is 59.5 Å². The molecule has 120 valence electrons. The van der Waals surface area contributed by atoms with Crippen LogP contribution < -0.4 is 5.43 Å². The summed E-state index contributed by atoms with van der Waals surface area (Å²) in [6.07, 6.45) is 1.79. The second-order valence-corrected chi connectivity index (χ2v) is 6.86. The van der Waals surface area contributed by atoms with E-state index in [-0.39, 0.29) is 11.8 Å². The summed E-state index contributed by atoms with van der Waals surface area (Å²) < 4.78 is 0.309. The topological polar surface area (TPSA) is 49.4 Å². The van der Waals surface area contributed by atoms with Gasteiger partial charge in [-0.2, -0.15) is 5.01 Å². The zero-order chi connectivity index (χ0) is 17.1. The summed E-state index contributed by atoms with van der Waals surface area (Å²) in [5, 5.41) is 1.12. The van der Waals surface area contributed by atoms with Crippen molar-refractivity contribution >= 4 is 46.2 Å². The summed E-state index contributed by atoms with van der Waals surface area (Å²) in [5.41, 5.74) is 5.05. The molecule has 1 fully saturated rings. The molecule has 3 rings (SSSR count). The quantitative estimate of drug-likeness (QED) is 0.677. The Morgan fingerprint density at radius 1 is 1.12 bits per heavy atom. The van der Waals surface area contributed by atoms with Crippen molar-refractivity contribution in [3.63, 3.8) is 0 Å². The van der Waals surface area contributed by atoms with Crippen molar-refractivity contribution in [2.45, 2.75) is 6.92 Å². The number of aryl methyl sites for hydroxylation is 1. The third-order valence-corrected chi connectivity index (χ3v) is 4.82. The van der Waals surface area contributed by atoms with E-state index in [1.54, 1.807) is 30.3 Å². The van der Waals surface area contributed by atoms with Crippen LogP contribution in [0.3, 0.4) is 0 Å². The highest BCUT2D eigenvalue weighted by atomic mass is 32.2. The normalized spacial score (nSPS) is 15.9. The van der Waals surface area contributed by atoms with E-state index >= 15 is 0 Å². The van der Waals surface area contributed by atoms with Gasteiger partial charge >= 0.3 is 0 Å². The van der Waals surface area contributed by atoms with Gasteiger partial charge in [0.25, 0.3) is 11.8 Å². The third kappa shape index (κ3) is 3.39. The molecule has 0 saturated carbocycles. The fourth-order valence-corrected chi connectivity index (χ4v) is 3.38. The Hall–Kier alpha value is -2.44. The zero-order valence-corrected chi connectivity index (χ0v) is 14.5. The molecular weight excluding hydrogens is 340 g/mol. The minimum atomic E-state index is -0.371. The lowest BCUT2D eigenvalue weighted by atomic mass is 10.1. The highest BCUT2D eigenvalue weighted by Gasteiger charge is 2.33. The number of hydrogen-bond donors (Lipinski definition) is 1. The number of nitrogens with zero attached hydrogens (tertiary/aromatic N) is 1. The highest BCUT2D eigenvalue weighted by molar-refractivity contribution is 8.26. The third-order valence-electron chi connectivity index (χ3n) is 3.52. The average molecular weight is 354 g/mol. The lowest BCUT2D eigenvalue weighted by molar-refractivity contribution is -0.123. The Balaban J connectivity index is 1.80. The number of amides is 2. The monoisotopic (exact) mass is 354 g/mol. The molecule has 0 bridgehead atoms. The van der Waals surface area contributed by atoms with Crippen LogP contribution >= 0.6 is 24.0 Å². The SMILES string of the molecule is Cc1ccccc1C=C1SC(=S)N(NC(=O)c2ccccc2)C1=O. The summed E-state index contributed by atoms with van der Waals surface area (Å²) in [4.78, 5) is 25.2. The molecule has 1 aliphatic rings. The number of hydrazine groups is 1. The Bertz CT molecular complexity index is 847. The maximum absolute atomic E-state index is 12.5. The lowest BCUT2D eigenvalue weighted by Gasteiger charge is -2.15. The number of carbonyl (C=O) groups is 2. The molecule has 0 unspecified atom stereocenters. The number of nitrogens with one attached hydrogen (secondary N) is 1. The molecule has 1 N–H and O–H groups in total. The average Bonchev–Trinajstić information content (AvgIpc) is 2.85. The van der Waals surface area contributed by atoms with E-state index in [4.69, 9.17) is 12.2 Å². The summed E-state index contributed by atoms with van der Waals surface area (Å²) in [6.45, 7) is 1.98. The smallest absolute Gasteiger partial charge is 0.267 e. The Kier molecular flexibility index (Phi) is 4.78. The number of carbonyl (C=O) groups excluding carboxylic acids is 2. The van der Waals surface area contributed by atoms with Gasteiger partial charge in [-0.25, -0.2) is 0 Å². The van der Waals surface area contributed by atoms with Crippen LogP contribution in [0.4, 0.5) is 0 Å². The van der Waals surface area contributed by atoms with Crippen LogP contribution in [0.2, 0.25) is 0 Å². The minimum absolute atomic E-state index is 0.309. The second kappa shape index (κ2) is 6.98. The van der Waals surface area contributed by atoms with Gasteiger partial charge in [-0.3, -0.25) is 15.0 Å². The predicted octanol–water partition coefficient (Wildman–Crippen LogP) is 3.54. The number of benzene rings is 2. The maximum Gasteiger partial charge on any atom is 0.285 e. The van der Waals surface area contributed by atoms with Crippen LogP contribution in [-0.4, -0.2) is 21.1 Å². The summed E-state index contributed by atoms with van der Waals surface area (Å²) in [5.74, 6) is -0.693. The standard InChI is InChI=1S/C18H14N2O2S2/c1-12-7-5-6-10-14(12)11-15-17(22)20(18(23)24-15)19-16(21)13-8-3-2-4-9-13/h2-11H,1H3,(H,19,21). The van der Waals surface area contributed by atoms with Crippen molar-refractivity contribution in [2.24, 2.45) is 0 Å². The van der Waals surface area contributed by atoms with Crippen molar-refractivity contribution in [1.82, 2.24) is 10.4 Å². The molecular formula is C18H14N2O2S2. The van der Waals surface area contributed by atoms with Crippen molar-refractivity contribution < 1.29 is 9.59 Å². The van der Waals surface area contributed by atoms with Gasteiger partial charge in [-0.05, 0) is 48.5 Å². The van der Waals surface area contributed by atoms with Crippen molar-refractivity contribution in [1.29, 1.82) is 0 Å². The number of thiocarbonyl (C=S) groups is 1. The van der Waals surface area contributed by atoms with Gasteiger partial charge in [0.15, 0.2) is 4.32 Å². The van der Waals surface area contributed by atoms with E-state index in [1.165, 1.54) is 11.8 Å². The molecule has 2 aromatic rings. The first-order chi connectivity index (χ1) is 11.6. The molecule has 2 aromatic carbocycles. The fraction of sp³-hybridized carbons (Fsp3) is 0.0556. The van der Waals surface area contributed by atoms with Crippen molar-refractivity contribution in [2.75, 3.05) is 0 Å². The van der Waals surface area contributed by atoms with Crippen LogP contribution in [-0.2, 0) is 4.79 Å². The Morgan fingerprint density at radius 2 is 1.79 bits per heavy atom. The first-order valence-corrected chi connectivity index (χ1v) is 8.48. The predicted molar refractivity (Wildman–Crippen MR) is 100 cm³/mol. The maximum atomic E-state index is 12.5. The van der Waals surface area contributed by atoms with Gasteiger partial charge in [-0.1, -0.05) is 54.2 Å². The number of rotatable bonds is 3. The fourth-order valence-electron chi connectivity index (χ4n) is 2.21. The van der Waals surface area contributed by atoms with Gasteiger partial charge in [0.1, 0.15) is 0 Å². The van der Waals surface area contributed by atoms with E-state index < -0.39 is 0 Å². The van der Waals surface area contributed by atoms with E-state index in [0.29, 0.717) is 14.8 Å². The first-order valence-electron chi connectivity index (χ1n) is 7.26. The lowest BCUT2D eigenvalue weighted by Crippen LogP contribution is -2.44. The summed E-state index contributed by atoms with van der Waals surface area (Å²) in [7, 11) is 0. The summed E-state index contributed by atoms with van der Waals surface area (Å²) in [6, 6.07) is 16.5. The van der Waals surface area contributed by atoms with E-state index in [9.17, 15) is 9.59 Å². The van der Waals surface area contributed by atoms with Gasteiger partial charge in [0, 0.05) is 5.56 Å². The van der Waals surface area contributed by atoms with Crippen LogP contribution in [0, 0.1) is 6.92 Å². The number of thioether (sulfide) groups is 1. The van der Waals surface area contributed by atoms with Crippen LogP contribution in [0.5, 0.6) is 0 Å². The number of hydrogen-bond acceptors (Lipinski definition) is 4. The molecule has 4 nitrogen and oxygen atoms in total. The van der Waals surface area contributed by atoms with Crippen LogP contribution in [0.25, 0.3) is 6.08 Å². The second-order valence-electron chi connectivity index (χ2n) is 5.18. The van der Waals surface area contributed by atoms with Gasteiger partial charge in [0.2, 0.25) is 0 Å². The molecule has 0 aliphatic carbocycles. The van der Waals surface area contributed by atoms with Crippen molar-refractivity contribution in [3.8, 4) is 0 Å². The van der Waals surface area contributed by atoms with E-state index in [2.05, 4.69) is 5.43 Å². The van der Waals surface area contributed by atoms with E-state index in [1.807, 2.05) is 37.3 Å². The van der Waals surface area contributed by atoms with Crippen LogP contribution in [0.1, 0.15) is 21.5 Å². The molecule has 1 aliphatic heterocycles. The summed E-state index contributed by atoms with van der Waals surface area (Å²) >= 11 is 6.40. The molecule has 0 aromatic heterocycles. The largest absolute Gasteiger partial charge is 0.285 e. The molecule has 1 saturated heterocycles. The highest BCUT2D eigenvalue weighted by Crippen LogP contribution is 2.31. The molecule has 0 atom stereocenters. The molecule has 2 amide bonds. The van der Waals surface area contributed by atoms with E-state index in [0.717, 1.165) is 16.1 Å². The molecule has 0 spiro atoms. The van der Waals surface area contributed by atoms with Gasteiger partial charge < -0.3 is 0 Å². The molecule has 24 heavy (non-hydrogen) atoms. The molecule has 0 radical (unpaired) electrons.